The minimum absolute atomic E-state index is 0.0952. The highest BCUT2D eigenvalue weighted by Crippen LogP contribution is 2.42. The van der Waals surface area contributed by atoms with Gasteiger partial charge in [0.1, 0.15) is 5.82 Å². The number of halogens is 6. The Hall–Kier alpha value is -2.40. The van der Waals surface area contributed by atoms with Gasteiger partial charge < -0.3 is 14.8 Å². The minimum atomic E-state index is -5.08. The van der Waals surface area contributed by atoms with Gasteiger partial charge in [0.05, 0.1) is 10.8 Å². The van der Waals surface area contributed by atoms with Crippen LogP contribution in [0.2, 0.25) is 0 Å². The summed E-state index contributed by atoms with van der Waals surface area (Å²) in [7, 11) is -0.895. The third-order valence-electron chi connectivity index (χ3n) is 6.20. The first kappa shape index (κ1) is 29.8. The van der Waals surface area contributed by atoms with Crippen LogP contribution in [0.5, 0.6) is 0 Å². The lowest BCUT2D eigenvalue weighted by molar-refractivity contribution is -0.193. The van der Waals surface area contributed by atoms with Crippen LogP contribution in [0.15, 0.2) is 6.20 Å². The highest BCUT2D eigenvalue weighted by Gasteiger charge is 2.49. The average Bonchev–Trinajstić information content (AvgIpc) is 3.55. The van der Waals surface area contributed by atoms with Crippen LogP contribution in [-0.2, 0) is 31.7 Å². The molecule has 0 amide bonds. The zero-order chi connectivity index (χ0) is 27.7. The van der Waals surface area contributed by atoms with Crippen molar-refractivity contribution in [1.82, 2.24) is 18.8 Å². The Morgan fingerprint density at radius 1 is 0.972 bits per heavy atom. The zero-order valence-electron chi connectivity index (χ0n) is 19.3. The maximum atomic E-state index is 12.4. The van der Waals surface area contributed by atoms with Crippen LogP contribution in [0.4, 0.5) is 26.3 Å². The topological polar surface area (TPSA) is 133 Å². The third kappa shape index (κ3) is 6.67. The first-order chi connectivity index (χ1) is 16.3. The van der Waals surface area contributed by atoms with E-state index in [9.17, 15) is 34.8 Å². The fraction of sp³-hybridized carbons (Fsp3) is 0.737. The second kappa shape index (κ2) is 10.5. The van der Waals surface area contributed by atoms with Crippen LogP contribution in [0, 0.1) is 6.92 Å². The average molecular weight is 552 g/mol. The first-order valence-corrected chi connectivity index (χ1v) is 12.2. The molecule has 17 heteroatoms. The molecule has 2 aliphatic heterocycles. The number of aryl methyl sites for hydroxylation is 1. The van der Waals surface area contributed by atoms with Crippen molar-refractivity contribution >= 4 is 22.0 Å². The van der Waals surface area contributed by atoms with Gasteiger partial charge >= 0.3 is 24.3 Å². The van der Waals surface area contributed by atoms with Crippen molar-refractivity contribution in [1.29, 1.82) is 0 Å². The smallest absolute Gasteiger partial charge is 0.475 e. The molecule has 1 aromatic heterocycles. The quantitative estimate of drug-likeness (QED) is 0.534. The van der Waals surface area contributed by atoms with Crippen LogP contribution < -0.4 is 0 Å². The van der Waals surface area contributed by atoms with E-state index in [0.29, 0.717) is 13.1 Å². The number of likely N-dealkylation sites (N-methyl/N-ethyl adjacent to an activating group) is 1. The van der Waals surface area contributed by atoms with Gasteiger partial charge in [0.15, 0.2) is 0 Å². The van der Waals surface area contributed by atoms with Gasteiger partial charge in [0, 0.05) is 38.1 Å². The molecule has 0 radical (unpaired) electrons. The first-order valence-electron chi connectivity index (χ1n) is 10.7. The number of carboxylic acid groups (broad SMARTS) is 2. The number of alkyl halides is 6. The fourth-order valence-electron chi connectivity index (χ4n) is 4.04. The standard InChI is InChI=1S/C15H24N4O2S.2C2HF3O2/c1-12-11-16-14-15(17(2)9-10-19(12)14)5-7-18(8-6-15)22(20,21)13-3-4-13;2*3-2(4,5)1(6)7/h11,13H,3-10H2,1-2H3;2*(H,6,7). The Balaban J connectivity index is 0.000000271. The number of hydrogen-bond donors (Lipinski definition) is 2. The van der Waals surface area contributed by atoms with Gasteiger partial charge in [-0.1, -0.05) is 0 Å². The van der Waals surface area contributed by atoms with Crippen LogP contribution in [0.3, 0.4) is 0 Å². The molecule has 0 unspecified atom stereocenters. The van der Waals surface area contributed by atoms with Crippen LogP contribution in [0.25, 0.3) is 0 Å². The molecule has 1 saturated heterocycles. The molecule has 0 bridgehead atoms. The lowest BCUT2D eigenvalue weighted by Crippen LogP contribution is -2.57. The second-order valence-corrected chi connectivity index (χ2v) is 10.8. The number of hydrogen-bond acceptors (Lipinski definition) is 6. The summed E-state index contributed by atoms with van der Waals surface area (Å²) in [5, 5.41) is 14.1. The number of fused-ring (bicyclic) bond motifs is 2. The molecule has 1 spiro atoms. The molecular weight excluding hydrogens is 526 g/mol. The number of carbonyl (C=O) groups is 2. The SMILES string of the molecule is Cc1cnc2n1CCN(C)C21CCN(S(=O)(=O)C2CC2)CC1.O=C(O)C(F)(F)F.O=C(O)C(F)(F)F. The number of imidazole rings is 1. The van der Waals surface area contributed by atoms with Crippen LogP contribution in [0.1, 0.15) is 37.2 Å². The van der Waals surface area contributed by atoms with E-state index in [1.165, 1.54) is 5.69 Å². The molecule has 3 aliphatic rings. The molecule has 3 heterocycles. The molecule has 1 aromatic rings. The van der Waals surface area contributed by atoms with Crippen LogP contribution in [-0.4, -0.2) is 93.6 Å². The van der Waals surface area contributed by atoms with E-state index in [2.05, 4.69) is 28.4 Å². The van der Waals surface area contributed by atoms with Crippen molar-refractivity contribution in [2.75, 3.05) is 26.7 Å². The molecule has 206 valence electrons. The predicted molar refractivity (Wildman–Crippen MR) is 111 cm³/mol. The molecule has 36 heavy (non-hydrogen) atoms. The number of rotatable bonds is 2. The van der Waals surface area contributed by atoms with E-state index >= 15 is 0 Å². The van der Waals surface area contributed by atoms with Crippen molar-refractivity contribution in [3.05, 3.63) is 17.7 Å². The van der Waals surface area contributed by atoms with Gasteiger partial charge in [-0.05, 0) is 39.7 Å². The van der Waals surface area contributed by atoms with Gasteiger partial charge in [0.25, 0.3) is 0 Å². The molecule has 2 fully saturated rings. The van der Waals surface area contributed by atoms with Crippen molar-refractivity contribution in [2.45, 2.75) is 62.3 Å². The number of aromatic nitrogens is 2. The summed E-state index contributed by atoms with van der Waals surface area (Å²) < 4.78 is 92.4. The Labute approximate surface area is 202 Å². The summed E-state index contributed by atoms with van der Waals surface area (Å²) >= 11 is 0. The van der Waals surface area contributed by atoms with E-state index in [-0.39, 0.29) is 10.8 Å². The predicted octanol–water partition coefficient (Wildman–Crippen LogP) is 2.19. The van der Waals surface area contributed by atoms with Crippen molar-refractivity contribution in [3.8, 4) is 0 Å². The number of sulfonamides is 1. The van der Waals surface area contributed by atoms with E-state index in [4.69, 9.17) is 19.8 Å². The summed E-state index contributed by atoms with van der Waals surface area (Å²) in [6.07, 6.45) is -4.86. The summed E-state index contributed by atoms with van der Waals surface area (Å²) in [5.74, 6) is -4.39. The summed E-state index contributed by atoms with van der Waals surface area (Å²) in [5.41, 5.74) is 1.11. The molecule has 1 saturated carbocycles. The molecule has 2 N–H and O–H groups in total. The normalized spacial score (nSPS) is 20.4. The molecule has 0 aromatic carbocycles. The Bertz CT molecular complexity index is 1040. The van der Waals surface area contributed by atoms with Gasteiger partial charge in [-0.25, -0.2) is 27.3 Å². The van der Waals surface area contributed by atoms with Gasteiger partial charge in [-0.15, -0.1) is 0 Å². The Morgan fingerprint density at radius 3 is 1.81 bits per heavy atom. The molecule has 10 nitrogen and oxygen atoms in total. The summed E-state index contributed by atoms with van der Waals surface area (Å²) in [4.78, 5) is 24.8. The Kier molecular flexibility index (Phi) is 8.72. The highest BCUT2D eigenvalue weighted by molar-refractivity contribution is 7.90. The molecule has 0 atom stereocenters. The van der Waals surface area contributed by atoms with E-state index in [1.54, 1.807) is 4.31 Å². The highest BCUT2D eigenvalue weighted by atomic mass is 32.2. The maximum Gasteiger partial charge on any atom is 0.490 e. The van der Waals surface area contributed by atoms with Crippen molar-refractivity contribution in [3.63, 3.8) is 0 Å². The molecule has 4 rings (SSSR count). The monoisotopic (exact) mass is 552 g/mol. The number of carboxylic acids is 2. The zero-order valence-corrected chi connectivity index (χ0v) is 20.1. The number of piperidine rings is 1. The van der Waals surface area contributed by atoms with Gasteiger partial charge in [-0.3, -0.25) is 4.90 Å². The van der Waals surface area contributed by atoms with E-state index in [0.717, 1.165) is 44.6 Å². The Morgan fingerprint density at radius 2 is 1.42 bits per heavy atom. The van der Waals surface area contributed by atoms with Crippen molar-refractivity contribution in [2.24, 2.45) is 0 Å². The summed E-state index contributed by atoms with van der Waals surface area (Å²) in [6, 6.07) is 0. The largest absolute Gasteiger partial charge is 0.490 e. The number of aliphatic carboxylic acids is 2. The summed E-state index contributed by atoms with van der Waals surface area (Å²) in [6.45, 7) is 5.31. The minimum Gasteiger partial charge on any atom is -0.475 e. The van der Waals surface area contributed by atoms with Crippen LogP contribution >= 0.6 is 0 Å². The number of nitrogens with zero attached hydrogens (tertiary/aromatic N) is 4. The fourth-order valence-corrected chi connectivity index (χ4v) is 5.89. The third-order valence-corrected chi connectivity index (χ3v) is 8.60. The maximum absolute atomic E-state index is 12.4. The van der Waals surface area contributed by atoms with Crippen molar-refractivity contribution < 1.29 is 54.6 Å². The molecular formula is C19H26F6N4O6S. The van der Waals surface area contributed by atoms with Gasteiger partial charge in [0.2, 0.25) is 10.0 Å². The second-order valence-electron chi connectivity index (χ2n) is 8.58. The lowest BCUT2D eigenvalue weighted by atomic mass is 9.84. The van der Waals surface area contributed by atoms with E-state index in [1.807, 2.05) is 6.20 Å². The molecule has 1 aliphatic carbocycles. The van der Waals surface area contributed by atoms with Gasteiger partial charge in [-0.2, -0.15) is 26.3 Å². The lowest BCUT2D eigenvalue weighted by Gasteiger charge is -2.49. The van der Waals surface area contributed by atoms with E-state index < -0.39 is 34.3 Å².